The van der Waals surface area contributed by atoms with E-state index < -0.39 is 22.4 Å². The molecule has 0 fully saturated rings. The minimum absolute atomic E-state index is 0.0350. The smallest absolute Gasteiger partial charge is 0.465 e. The van der Waals surface area contributed by atoms with E-state index >= 15 is 0 Å². The average Bonchev–Trinajstić information content (AvgIpc) is 2.80. The summed E-state index contributed by atoms with van der Waals surface area (Å²) in [5.41, 5.74) is 3.15. The van der Waals surface area contributed by atoms with E-state index in [-0.39, 0.29) is 22.8 Å². The molecule has 0 bridgehead atoms. The van der Waals surface area contributed by atoms with E-state index in [1.165, 1.54) is 47.8 Å². The van der Waals surface area contributed by atoms with E-state index in [1.54, 1.807) is 45.0 Å². The van der Waals surface area contributed by atoms with Crippen LogP contribution in [-0.2, 0) is 14.8 Å². The first-order chi connectivity index (χ1) is 16.4. The highest BCUT2D eigenvalue weighted by atomic mass is 32.2. The third kappa shape index (κ3) is 5.76. The van der Waals surface area contributed by atoms with E-state index in [0.717, 1.165) is 0 Å². The number of alkyl halides is 3. The van der Waals surface area contributed by atoms with E-state index in [0.29, 0.717) is 27.9 Å². The van der Waals surface area contributed by atoms with Crippen LogP contribution >= 0.6 is 0 Å². The second-order valence-corrected chi connectivity index (χ2v) is 9.56. The summed E-state index contributed by atoms with van der Waals surface area (Å²) in [5, 5.41) is 0. The molecule has 6 nitrogen and oxygen atoms in total. The Hall–Kier alpha value is -3.53. The zero-order valence-corrected chi connectivity index (χ0v) is 20.3. The first kappa shape index (κ1) is 26.1. The number of nitrogens with zero attached hydrogens (tertiary/aromatic N) is 1. The second-order valence-electron chi connectivity index (χ2n) is 7.69. The molecular formula is C25H24F3NO5S. The van der Waals surface area contributed by atoms with Gasteiger partial charge in [-0.3, -0.25) is 4.31 Å². The van der Waals surface area contributed by atoms with Gasteiger partial charge in [0.15, 0.2) is 0 Å². The molecule has 10 heteroatoms. The summed E-state index contributed by atoms with van der Waals surface area (Å²) in [5.74, 6) is -0.956. The van der Waals surface area contributed by atoms with Crippen LogP contribution in [0, 0.1) is 13.8 Å². The lowest BCUT2D eigenvalue weighted by molar-refractivity contribution is -0.274. The fraction of sp³-hybridized carbons (Fsp3) is 0.240. The van der Waals surface area contributed by atoms with Gasteiger partial charge in [0.05, 0.1) is 23.3 Å². The van der Waals surface area contributed by atoms with Gasteiger partial charge in [0.1, 0.15) is 5.75 Å². The number of halogens is 3. The first-order valence-corrected chi connectivity index (χ1v) is 12.0. The molecule has 0 atom stereocenters. The van der Waals surface area contributed by atoms with Crippen LogP contribution in [0.1, 0.15) is 28.4 Å². The number of methoxy groups -OCH3 is 1. The summed E-state index contributed by atoms with van der Waals surface area (Å²) >= 11 is 0. The monoisotopic (exact) mass is 507 g/mol. The SMILES string of the molecule is CCN(c1ccc(-c2ccc(OC(F)(F)F)cc2)cc1)S(=O)(=O)c1cc(C)c(C)c(C(=O)OC)c1. The third-order valence-electron chi connectivity index (χ3n) is 5.50. The molecule has 0 saturated heterocycles. The van der Waals surface area contributed by atoms with Crippen LogP contribution in [0.4, 0.5) is 18.9 Å². The lowest BCUT2D eigenvalue weighted by atomic mass is 10.0. The van der Waals surface area contributed by atoms with E-state index in [2.05, 4.69) is 4.74 Å². The largest absolute Gasteiger partial charge is 0.573 e. The summed E-state index contributed by atoms with van der Waals surface area (Å²) < 4.78 is 73.9. The number of hydrogen-bond donors (Lipinski definition) is 0. The van der Waals surface area contributed by atoms with Crippen molar-refractivity contribution in [3.8, 4) is 16.9 Å². The molecule has 3 rings (SSSR count). The Morgan fingerprint density at radius 3 is 1.97 bits per heavy atom. The molecule has 3 aromatic rings. The number of benzene rings is 3. The van der Waals surface area contributed by atoms with Crippen molar-refractivity contribution < 1.29 is 35.9 Å². The van der Waals surface area contributed by atoms with Crippen molar-refractivity contribution >= 4 is 21.7 Å². The number of anilines is 1. The van der Waals surface area contributed by atoms with Crippen LogP contribution in [-0.4, -0.2) is 34.4 Å². The Morgan fingerprint density at radius 2 is 1.49 bits per heavy atom. The Morgan fingerprint density at radius 1 is 0.943 bits per heavy atom. The van der Waals surface area contributed by atoms with Crippen molar-refractivity contribution in [3.63, 3.8) is 0 Å². The average molecular weight is 508 g/mol. The minimum atomic E-state index is -4.77. The molecule has 0 radical (unpaired) electrons. The fourth-order valence-electron chi connectivity index (χ4n) is 3.58. The molecule has 0 aliphatic carbocycles. The van der Waals surface area contributed by atoms with Crippen molar-refractivity contribution in [1.29, 1.82) is 0 Å². The summed E-state index contributed by atoms with van der Waals surface area (Å²) in [6.45, 7) is 5.26. The molecule has 0 N–H and O–H groups in total. The molecule has 3 aromatic carbocycles. The quantitative estimate of drug-likeness (QED) is 0.374. The number of hydrogen-bond acceptors (Lipinski definition) is 5. The number of carbonyl (C=O) groups excluding carboxylic acids is 1. The van der Waals surface area contributed by atoms with Gasteiger partial charge >= 0.3 is 12.3 Å². The maximum absolute atomic E-state index is 13.5. The van der Waals surface area contributed by atoms with E-state index in [4.69, 9.17) is 4.74 Å². The highest BCUT2D eigenvalue weighted by Gasteiger charge is 2.31. The summed E-state index contributed by atoms with van der Waals surface area (Å²) in [4.78, 5) is 12.1. The van der Waals surface area contributed by atoms with Crippen molar-refractivity contribution in [2.45, 2.75) is 32.0 Å². The molecule has 0 amide bonds. The highest BCUT2D eigenvalue weighted by Crippen LogP contribution is 2.30. The van der Waals surface area contributed by atoms with Gasteiger partial charge in [-0.2, -0.15) is 0 Å². The topological polar surface area (TPSA) is 72.9 Å². The predicted octanol–water partition coefficient (Wildman–Crippen LogP) is 5.87. The van der Waals surface area contributed by atoms with Gasteiger partial charge in [-0.25, -0.2) is 13.2 Å². The third-order valence-corrected chi connectivity index (χ3v) is 7.38. The predicted molar refractivity (Wildman–Crippen MR) is 126 cm³/mol. The number of rotatable bonds is 7. The summed E-state index contributed by atoms with van der Waals surface area (Å²) in [6, 6.07) is 14.8. The standard InChI is InChI=1S/C25H24F3NO5S/c1-5-29(35(31,32)22-14-16(2)17(3)23(15-22)24(30)33-4)20-10-6-18(7-11-20)19-8-12-21(13-9-19)34-25(26,27)28/h6-15H,5H2,1-4H3. The van der Waals surface area contributed by atoms with Gasteiger partial charge in [-0.05, 0) is 79.4 Å². The maximum atomic E-state index is 13.5. The first-order valence-electron chi connectivity index (χ1n) is 10.6. The fourth-order valence-corrected chi connectivity index (χ4v) is 5.17. The van der Waals surface area contributed by atoms with Crippen LogP contribution in [0.15, 0.2) is 65.6 Å². The van der Waals surface area contributed by atoms with Crippen molar-refractivity contribution in [1.82, 2.24) is 0 Å². The lowest BCUT2D eigenvalue weighted by Gasteiger charge is -2.24. The zero-order valence-electron chi connectivity index (χ0n) is 19.5. The van der Waals surface area contributed by atoms with Crippen LogP contribution in [0.2, 0.25) is 0 Å². The molecule has 0 spiro atoms. The zero-order chi connectivity index (χ0) is 26.0. The maximum Gasteiger partial charge on any atom is 0.573 e. The molecule has 0 aliphatic heterocycles. The molecule has 186 valence electrons. The summed E-state index contributed by atoms with van der Waals surface area (Å²) in [6.07, 6.45) is -4.77. The Kier molecular flexibility index (Phi) is 7.44. The lowest BCUT2D eigenvalue weighted by Crippen LogP contribution is -2.31. The van der Waals surface area contributed by atoms with E-state index in [9.17, 15) is 26.4 Å². The highest BCUT2D eigenvalue weighted by molar-refractivity contribution is 7.92. The molecule has 0 saturated carbocycles. The van der Waals surface area contributed by atoms with Gasteiger partial charge in [0.25, 0.3) is 10.0 Å². The number of sulfonamides is 1. The second kappa shape index (κ2) is 9.99. The van der Waals surface area contributed by atoms with Crippen molar-refractivity contribution in [3.05, 3.63) is 77.4 Å². The Bertz CT molecular complexity index is 1320. The van der Waals surface area contributed by atoms with Gasteiger partial charge in [-0.15, -0.1) is 13.2 Å². The Balaban J connectivity index is 1.92. The molecular weight excluding hydrogens is 483 g/mol. The van der Waals surface area contributed by atoms with Crippen LogP contribution in [0.25, 0.3) is 11.1 Å². The van der Waals surface area contributed by atoms with Crippen molar-refractivity contribution in [2.75, 3.05) is 18.0 Å². The number of aryl methyl sites for hydroxylation is 1. The number of ether oxygens (including phenoxy) is 2. The molecule has 35 heavy (non-hydrogen) atoms. The van der Waals surface area contributed by atoms with Crippen molar-refractivity contribution in [2.24, 2.45) is 0 Å². The molecule has 0 heterocycles. The number of esters is 1. The van der Waals surface area contributed by atoms with Crippen LogP contribution in [0.3, 0.4) is 0 Å². The van der Waals surface area contributed by atoms with Crippen LogP contribution in [0.5, 0.6) is 5.75 Å². The van der Waals surface area contributed by atoms with Gasteiger partial charge in [0, 0.05) is 6.54 Å². The van der Waals surface area contributed by atoms with Gasteiger partial charge in [0.2, 0.25) is 0 Å². The Labute approximate surface area is 202 Å². The van der Waals surface area contributed by atoms with Crippen LogP contribution < -0.4 is 9.04 Å². The summed E-state index contributed by atoms with van der Waals surface area (Å²) in [7, 11) is -2.77. The molecule has 0 unspecified atom stereocenters. The normalized spacial score (nSPS) is 11.7. The van der Waals surface area contributed by atoms with E-state index in [1.807, 2.05) is 0 Å². The van der Waals surface area contributed by atoms with Gasteiger partial charge < -0.3 is 9.47 Å². The molecule has 0 aromatic heterocycles. The van der Waals surface area contributed by atoms with Gasteiger partial charge in [-0.1, -0.05) is 24.3 Å². The molecule has 0 aliphatic rings. The minimum Gasteiger partial charge on any atom is -0.465 e. The number of carbonyl (C=O) groups is 1.